The molecule has 2 aromatic rings. The molecule has 3 amide bonds. The van der Waals surface area contributed by atoms with Gasteiger partial charge in [0.15, 0.2) is 5.13 Å². The normalized spacial score (nSPS) is 14.0. The maximum Gasteiger partial charge on any atom is 0.321 e. The lowest BCUT2D eigenvalue weighted by molar-refractivity contribution is -0.124. The van der Waals surface area contributed by atoms with Gasteiger partial charge in [0, 0.05) is 19.5 Å². The van der Waals surface area contributed by atoms with Gasteiger partial charge in [0.25, 0.3) is 0 Å². The number of anilines is 1. The average Bonchev–Trinajstić information content (AvgIpc) is 3.40. The Labute approximate surface area is 163 Å². The molecule has 0 bridgehead atoms. The molecule has 28 heavy (non-hydrogen) atoms. The third kappa shape index (κ3) is 4.80. The smallest absolute Gasteiger partial charge is 0.321 e. The first-order valence-corrected chi connectivity index (χ1v) is 9.37. The molecule has 0 aliphatic heterocycles. The van der Waals surface area contributed by atoms with E-state index in [1.54, 1.807) is 6.07 Å². The molecule has 1 saturated carbocycles. The molecule has 146 valence electrons. The molecule has 0 radical (unpaired) electrons. The summed E-state index contributed by atoms with van der Waals surface area (Å²) >= 11 is 0.673. The minimum Gasteiger partial charge on any atom is -0.354 e. The number of amides is 3. The zero-order chi connectivity index (χ0) is 20.1. The van der Waals surface area contributed by atoms with E-state index < -0.39 is 22.4 Å². The first kappa shape index (κ1) is 19.7. The van der Waals surface area contributed by atoms with E-state index >= 15 is 0 Å². The summed E-state index contributed by atoms with van der Waals surface area (Å²) in [6, 6.07) is 7.20. The molecular formula is C18H17F2N5O2S. The minimum absolute atomic E-state index is 0.0752. The van der Waals surface area contributed by atoms with Gasteiger partial charge >= 0.3 is 6.03 Å². The van der Waals surface area contributed by atoms with Crippen molar-refractivity contribution in [2.24, 2.45) is 5.41 Å². The number of thiazole rings is 1. The van der Waals surface area contributed by atoms with Crippen molar-refractivity contribution in [1.29, 1.82) is 5.26 Å². The monoisotopic (exact) mass is 405 g/mol. The molecule has 0 atom stereocenters. The Hall–Kier alpha value is -3.06. The van der Waals surface area contributed by atoms with E-state index in [0.29, 0.717) is 29.7 Å². The van der Waals surface area contributed by atoms with Crippen LogP contribution < -0.4 is 16.0 Å². The molecule has 0 unspecified atom stereocenters. The van der Waals surface area contributed by atoms with Crippen LogP contribution in [0, 0.1) is 27.7 Å². The zero-order valence-electron chi connectivity index (χ0n) is 14.7. The molecule has 3 N–H and O–H groups in total. The lowest BCUT2D eigenvalue weighted by atomic mass is 10.1. The van der Waals surface area contributed by atoms with E-state index in [9.17, 15) is 18.4 Å². The van der Waals surface area contributed by atoms with Crippen LogP contribution in [-0.4, -0.2) is 23.5 Å². The third-order valence-electron chi connectivity index (χ3n) is 4.26. The number of benzene rings is 1. The highest BCUT2D eigenvalue weighted by Crippen LogP contribution is 2.44. The van der Waals surface area contributed by atoms with Crippen molar-refractivity contribution in [3.63, 3.8) is 0 Å². The second-order valence-electron chi connectivity index (χ2n) is 6.38. The zero-order valence-corrected chi connectivity index (χ0v) is 15.5. The fourth-order valence-corrected chi connectivity index (χ4v) is 3.22. The molecule has 1 fully saturated rings. The lowest BCUT2D eigenvalue weighted by Gasteiger charge is -2.07. The van der Waals surface area contributed by atoms with Crippen LogP contribution in [-0.2, 0) is 17.8 Å². The summed E-state index contributed by atoms with van der Waals surface area (Å²) in [6.45, 7) is 0.255. The first-order chi connectivity index (χ1) is 13.4. The number of aromatic nitrogens is 1. The molecule has 1 heterocycles. The summed E-state index contributed by atoms with van der Waals surface area (Å²) in [5.74, 6) is -0.749. The molecule has 1 aliphatic rings. The van der Waals surface area contributed by atoms with Crippen LogP contribution in [0.15, 0.2) is 24.3 Å². The highest BCUT2D eigenvalue weighted by molar-refractivity contribution is 7.14. The van der Waals surface area contributed by atoms with Gasteiger partial charge in [0.1, 0.15) is 11.2 Å². The second-order valence-corrected chi connectivity index (χ2v) is 7.33. The standard InChI is InChI=1S/C18H17F2N5O2S/c19-12-3-1-2-11(8-12)9-23-16(27)25-17-24-13(14(20)28-17)4-7-22-15(26)18(10-21)5-6-18/h1-3,8H,4-7,9H2,(H,22,26)(H2,23,24,25,27). The van der Waals surface area contributed by atoms with E-state index in [1.165, 1.54) is 18.2 Å². The molecule has 1 aliphatic carbocycles. The van der Waals surface area contributed by atoms with Gasteiger partial charge in [-0.1, -0.05) is 23.5 Å². The van der Waals surface area contributed by atoms with E-state index in [0.717, 1.165) is 0 Å². The summed E-state index contributed by atoms with van der Waals surface area (Å²) in [4.78, 5) is 27.8. The van der Waals surface area contributed by atoms with Gasteiger partial charge in [-0.05, 0) is 30.5 Å². The Morgan fingerprint density at radius 1 is 1.29 bits per heavy atom. The SMILES string of the molecule is N#CC1(C(=O)NCCc2nc(NC(=O)NCc3cccc(F)c3)sc2F)CC1. The van der Waals surface area contributed by atoms with Gasteiger partial charge in [-0.25, -0.2) is 14.2 Å². The predicted octanol–water partition coefficient (Wildman–Crippen LogP) is 2.71. The van der Waals surface area contributed by atoms with Crippen LogP contribution in [0.5, 0.6) is 0 Å². The Kier molecular flexibility index (Phi) is 5.84. The highest BCUT2D eigenvalue weighted by Gasteiger charge is 2.50. The van der Waals surface area contributed by atoms with Crippen molar-refractivity contribution in [2.75, 3.05) is 11.9 Å². The fourth-order valence-electron chi connectivity index (χ4n) is 2.49. The van der Waals surface area contributed by atoms with Crippen LogP contribution in [0.1, 0.15) is 24.1 Å². The number of urea groups is 1. The van der Waals surface area contributed by atoms with Gasteiger partial charge in [-0.15, -0.1) is 0 Å². The summed E-state index contributed by atoms with van der Waals surface area (Å²) in [7, 11) is 0. The van der Waals surface area contributed by atoms with Crippen molar-refractivity contribution in [3.8, 4) is 6.07 Å². The van der Waals surface area contributed by atoms with Crippen LogP contribution in [0.25, 0.3) is 0 Å². The van der Waals surface area contributed by atoms with Crippen molar-refractivity contribution in [1.82, 2.24) is 15.6 Å². The molecule has 0 saturated heterocycles. The Balaban J connectivity index is 1.46. The second kappa shape index (κ2) is 8.31. The summed E-state index contributed by atoms with van der Waals surface area (Å²) in [5.41, 5.74) is -0.220. The van der Waals surface area contributed by atoms with E-state index in [4.69, 9.17) is 5.26 Å². The van der Waals surface area contributed by atoms with Gasteiger partial charge < -0.3 is 10.6 Å². The van der Waals surface area contributed by atoms with E-state index in [2.05, 4.69) is 20.9 Å². The highest BCUT2D eigenvalue weighted by atomic mass is 32.1. The van der Waals surface area contributed by atoms with Crippen molar-refractivity contribution in [2.45, 2.75) is 25.8 Å². The number of nitriles is 1. The number of halogens is 2. The van der Waals surface area contributed by atoms with Crippen LogP contribution in [0.2, 0.25) is 0 Å². The molecule has 7 nitrogen and oxygen atoms in total. The van der Waals surface area contributed by atoms with Gasteiger partial charge in [-0.2, -0.15) is 9.65 Å². The van der Waals surface area contributed by atoms with Crippen molar-refractivity contribution >= 4 is 28.4 Å². The topological polar surface area (TPSA) is 107 Å². The Bertz CT molecular complexity index is 936. The number of nitrogens with zero attached hydrogens (tertiary/aromatic N) is 2. The van der Waals surface area contributed by atoms with Crippen LogP contribution in [0.3, 0.4) is 0 Å². The number of rotatable bonds is 7. The molecule has 1 aromatic heterocycles. The molecule has 0 spiro atoms. The molecule has 1 aromatic carbocycles. The van der Waals surface area contributed by atoms with Gasteiger partial charge in [-0.3, -0.25) is 10.1 Å². The van der Waals surface area contributed by atoms with E-state index in [-0.39, 0.29) is 36.2 Å². The van der Waals surface area contributed by atoms with Crippen LogP contribution >= 0.6 is 11.3 Å². The number of carbonyl (C=O) groups is 2. The van der Waals surface area contributed by atoms with Gasteiger partial charge in [0.05, 0.1) is 11.8 Å². The fraction of sp³-hybridized carbons (Fsp3) is 0.333. The minimum atomic E-state index is -0.924. The predicted molar refractivity (Wildman–Crippen MR) is 98.3 cm³/mol. The third-order valence-corrected chi connectivity index (χ3v) is 5.06. The molecular weight excluding hydrogens is 388 g/mol. The Morgan fingerprint density at radius 2 is 2.07 bits per heavy atom. The van der Waals surface area contributed by atoms with Gasteiger partial charge in [0.2, 0.25) is 11.0 Å². The number of hydrogen-bond acceptors (Lipinski definition) is 5. The maximum atomic E-state index is 14.0. The largest absolute Gasteiger partial charge is 0.354 e. The number of nitrogens with one attached hydrogen (secondary N) is 3. The summed E-state index contributed by atoms with van der Waals surface area (Å²) in [5, 5.41) is 16.0. The molecule has 3 rings (SSSR count). The quantitative estimate of drug-likeness (QED) is 0.658. The Morgan fingerprint density at radius 3 is 2.75 bits per heavy atom. The number of carbonyl (C=O) groups excluding carboxylic acids is 2. The van der Waals surface area contributed by atoms with Crippen molar-refractivity contribution in [3.05, 3.63) is 46.5 Å². The average molecular weight is 405 g/mol. The number of hydrogen-bond donors (Lipinski definition) is 3. The summed E-state index contributed by atoms with van der Waals surface area (Å²) < 4.78 is 27.1. The maximum absolute atomic E-state index is 14.0. The molecule has 10 heteroatoms. The summed E-state index contributed by atoms with van der Waals surface area (Å²) in [6.07, 6.45) is 1.22. The first-order valence-electron chi connectivity index (χ1n) is 8.56. The van der Waals surface area contributed by atoms with Crippen LogP contribution in [0.4, 0.5) is 18.7 Å². The van der Waals surface area contributed by atoms with Crippen molar-refractivity contribution < 1.29 is 18.4 Å². The van der Waals surface area contributed by atoms with E-state index in [1.807, 2.05) is 6.07 Å². The lowest BCUT2D eigenvalue weighted by Crippen LogP contribution is -2.32.